The fourth-order valence-corrected chi connectivity index (χ4v) is 2.70. The van der Waals surface area contributed by atoms with E-state index in [1.807, 2.05) is 19.1 Å². The van der Waals surface area contributed by atoms with Gasteiger partial charge in [0, 0.05) is 23.8 Å². The monoisotopic (exact) mass is 424 g/mol. The molecule has 1 aromatic heterocycles. The fourth-order valence-electron chi connectivity index (χ4n) is 2.36. The standard InChI is InChI=1S/C18H21BrN2O5/c1-4-21(10-12-5-6-15(24-2)16(7-12)25-3)17(22)11-26-18(23)14-8-13(19)9-20-14/h5-9,20H,4,10-11H2,1-3H3. The molecule has 2 rings (SSSR count). The van der Waals surface area contributed by atoms with E-state index in [2.05, 4.69) is 20.9 Å². The maximum Gasteiger partial charge on any atom is 0.355 e. The van der Waals surface area contributed by atoms with Crippen LogP contribution in [-0.4, -0.2) is 49.1 Å². The first-order valence-electron chi connectivity index (χ1n) is 7.98. The fraction of sp³-hybridized carbons (Fsp3) is 0.333. The van der Waals surface area contributed by atoms with Gasteiger partial charge in [-0.1, -0.05) is 6.07 Å². The van der Waals surface area contributed by atoms with Gasteiger partial charge in [-0.05, 0) is 46.6 Å². The molecule has 0 atom stereocenters. The lowest BCUT2D eigenvalue weighted by Gasteiger charge is -2.21. The highest BCUT2D eigenvalue weighted by atomic mass is 79.9. The van der Waals surface area contributed by atoms with Crippen molar-refractivity contribution in [1.82, 2.24) is 9.88 Å². The largest absolute Gasteiger partial charge is 0.493 e. The molecular weight excluding hydrogens is 404 g/mol. The summed E-state index contributed by atoms with van der Waals surface area (Å²) in [6.45, 7) is 2.40. The minimum Gasteiger partial charge on any atom is -0.493 e. The minimum atomic E-state index is -0.578. The zero-order valence-corrected chi connectivity index (χ0v) is 16.5. The van der Waals surface area contributed by atoms with Gasteiger partial charge < -0.3 is 24.1 Å². The Kier molecular flexibility index (Phi) is 7.08. The van der Waals surface area contributed by atoms with Gasteiger partial charge in [-0.25, -0.2) is 4.79 Å². The van der Waals surface area contributed by atoms with E-state index in [0.717, 1.165) is 10.0 Å². The summed E-state index contributed by atoms with van der Waals surface area (Å²) in [6.07, 6.45) is 1.62. The molecule has 1 heterocycles. The Hall–Kier alpha value is -2.48. The summed E-state index contributed by atoms with van der Waals surface area (Å²) in [4.78, 5) is 28.6. The summed E-state index contributed by atoms with van der Waals surface area (Å²) in [5, 5.41) is 0. The van der Waals surface area contributed by atoms with Crippen molar-refractivity contribution in [3.8, 4) is 11.5 Å². The summed E-state index contributed by atoms with van der Waals surface area (Å²) in [5.41, 5.74) is 1.17. The van der Waals surface area contributed by atoms with E-state index in [1.54, 1.807) is 37.4 Å². The van der Waals surface area contributed by atoms with E-state index in [0.29, 0.717) is 24.6 Å². The molecule has 26 heavy (non-hydrogen) atoms. The van der Waals surface area contributed by atoms with E-state index in [1.165, 1.54) is 0 Å². The second kappa shape index (κ2) is 9.28. The van der Waals surface area contributed by atoms with Crippen LogP contribution in [0.2, 0.25) is 0 Å². The number of H-pyrrole nitrogens is 1. The summed E-state index contributed by atoms with van der Waals surface area (Å²) in [5.74, 6) is 0.362. The molecule has 0 unspecified atom stereocenters. The second-order valence-electron chi connectivity index (χ2n) is 5.40. The predicted octanol–water partition coefficient (Wildman–Crippen LogP) is 3.00. The van der Waals surface area contributed by atoms with Gasteiger partial charge in [0.25, 0.3) is 5.91 Å². The number of halogens is 1. The molecule has 0 bridgehead atoms. The molecule has 140 valence electrons. The number of aromatic amines is 1. The van der Waals surface area contributed by atoms with Crippen molar-refractivity contribution in [1.29, 1.82) is 0 Å². The molecule has 8 heteroatoms. The SMILES string of the molecule is CCN(Cc1ccc(OC)c(OC)c1)C(=O)COC(=O)c1cc(Br)c[nH]1. The minimum absolute atomic E-state index is 0.277. The number of hydrogen-bond donors (Lipinski definition) is 1. The maximum atomic E-state index is 12.4. The Bertz CT molecular complexity index is 775. The number of likely N-dealkylation sites (N-methyl/N-ethyl adjacent to an activating group) is 1. The zero-order valence-electron chi connectivity index (χ0n) is 14.9. The quantitative estimate of drug-likeness (QED) is 0.658. The molecule has 7 nitrogen and oxygen atoms in total. The number of ether oxygens (including phenoxy) is 3. The van der Waals surface area contributed by atoms with E-state index < -0.39 is 5.97 Å². The third-order valence-electron chi connectivity index (χ3n) is 3.75. The van der Waals surface area contributed by atoms with Crippen molar-refractivity contribution in [2.45, 2.75) is 13.5 Å². The average Bonchev–Trinajstić information content (AvgIpc) is 3.10. The van der Waals surface area contributed by atoms with Gasteiger partial charge in [-0.2, -0.15) is 0 Å². The van der Waals surface area contributed by atoms with Crippen molar-refractivity contribution >= 4 is 27.8 Å². The van der Waals surface area contributed by atoms with Crippen LogP contribution in [0.25, 0.3) is 0 Å². The topological polar surface area (TPSA) is 80.9 Å². The van der Waals surface area contributed by atoms with Crippen LogP contribution >= 0.6 is 15.9 Å². The number of hydrogen-bond acceptors (Lipinski definition) is 5. The molecule has 0 saturated heterocycles. The molecular formula is C18H21BrN2O5. The average molecular weight is 425 g/mol. The number of amides is 1. The van der Waals surface area contributed by atoms with Crippen LogP contribution < -0.4 is 9.47 Å². The molecule has 1 aromatic carbocycles. The summed E-state index contributed by atoms with van der Waals surface area (Å²) < 4.78 is 16.3. The molecule has 0 aliphatic heterocycles. The van der Waals surface area contributed by atoms with Gasteiger partial charge in [0.2, 0.25) is 0 Å². The number of esters is 1. The molecule has 1 N–H and O–H groups in total. The highest BCUT2D eigenvalue weighted by Crippen LogP contribution is 2.28. The number of carbonyl (C=O) groups excluding carboxylic acids is 2. The Balaban J connectivity index is 1.97. The van der Waals surface area contributed by atoms with Crippen molar-refractivity contribution in [3.63, 3.8) is 0 Å². The third-order valence-corrected chi connectivity index (χ3v) is 4.21. The lowest BCUT2D eigenvalue weighted by molar-refractivity contribution is -0.134. The normalized spacial score (nSPS) is 10.3. The van der Waals surface area contributed by atoms with Gasteiger partial charge in [-0.15, -0.1) is 0 Å². The van der Waals surface area contributed by atoms with Crippen molar-refractivity contribution in [2.24, 2.45) is 0 Å². The second-order valence-corrected chi connectivity index (χ2v) is 6.32. The number of nitrogens with one attached hydrogen (secondary N) is 1. The molecule has 2 aromatic rings. The Labute approximate surface area is 160 Å². The molecule has 0 aliphatic rings. The van der Waals surface area contributed by atoms with Crippen molar-refractivity contribution in [3.05, 3.63) is 46.2 Å². The van der Waals surface area contributed by atoms with Crippen LogP contribution in [0.3, 0.4) is 0 Å². The number of benzene rings is 1. The first kappa shape index (κ1) is 19.8. The van der Waals surface area contributed by atoms with E-state index >= 15 is 0 Å². The van der Waals surface area contributed by atoms with Crippen LogP contribution in [0.5, 0.6) is 11.5 Å². The number of methoxy groups -OCH3 is 2. The van der Waals surface area contributed by atoms with Crippen LogP contribution in [0.4, 0.5) is 0 Å². The van der Waals surface area contributed by atoms with E-state index in [-0.39, 0.29) is 18.2 Å². The van der Waals surface area contributed by atoms with Gasteiger partial charge in [0.1, 0.15) is 5.69 Å². The number of nitrogens with zero attached hydrogens (tertiary/aromatic N) is 1. The Morgan fingerprint density at radius 3 is 2.46 bits per heavy atom. The Morgan fingerprint density at radius 2 is 1.88 bits per heavy atom. The molecule has 0 radical (unpaired) electrons. The van der Waals surface area contributed by atoms with E-state index in [4.69, 9.17) is 14.2 Å². The smallest absolute Gasteiger partial charge is 0.355 e. The Morgan fingerprint density at radius 1 is 1.15 bits per heavy atom. The van der Waals surface area contributed by atoms with Crippen LogP contribution in [0.1, 0.15) is 23.0 Å². The van der Waals surface area contributed by atoms with Crippen LogP contribution in [-0.2, 0) is 16.1 Å². The predicted molar refractivity (Wildman–Crippen MR) is 99.4 cm³/mol. The highest BCUT2D eigenvalue weighted by Gasteiger charge is 2.17. The molecule has 0 spiro atoms. The van der Waals surface area contributed by atoms with Gasteiger partial charge in [0.15, 0.2) is 18.1 Å². The first-order chi connectivity index (χ1) is 12.5. The zero-order chi connectivity index (χ0) is 19.1. The molecule has 0 fully saturated rings. The first-order valence-corrected chi connectivity index (χ1v) is 8.77. The van der Waals surface area contributed by atoms with Gasteiger partial charge >= 0.3 is 5.97 Å². The number of aromatic nitrogens is 1. The molecule has 0 aliphatic carbocycles. The van der Waals surface area contributed by atoms with Crippen LogP contribution in [0, 0.1) is 0 Å². The van der Waals surface area contributed by atoms with Gasteiger partial charge in [-0.3, -0.25) is 4.79 Å². The third kappa shape index (κ3) is 5.01. The van der Waals surface area contributed by atoms with E-state index in [9.17, 15) is 9.59 Å². The summed E-state index contributed by atoms with van der Waals surface area (Å²) >= 11 is 3.24. The summed E-state index contributed by atoms with van der Waals surface area (Å²) in [6, 6.07) is 7.06. The highest BCUT2D eigenvalue weighted by molar-refractivity contribution is 9.10. The lowest BCUT2D eigenvalue weighted by Crippen LogP contribution is -2.34. The number of carbonyl (C=O) groups is 2. The molecule has 1 amide bonds. The van der Waals surface area contributed by atoms with Crippen LogP contribution in [0.15, 0.2) is 34.9 Å². The number of rotatable bonds is 8. The summed E-state index contributed by atoms with van der Waals surface area (Å²) in [7, 11) is 3.12. The van der Waals surface area contributed by atoms with Crippen molar-refractivity contribution in [2.75, 3.05) is 27.4 Å². The molecule has 0 saturated carbocycles. The van der Waals surface area contributed by atoms with Gasteiger partial charge in [0.05, 0.1) is 14.2 Å². The van der Waals surface area contributed by atoms with Crippen molar-refractivity contribution < 1.29 is 23.8 Å². The lowest BCUT2D eigenvalue weighted by atomic mass is 10.2. The maximum absolute atomic E-state index is 12.4.